The Hall–Kier alpha value is -2.34. The minimum Gasteiger partial charge on any atom is -0.439 e. The van der Waals surface area contributed by atoms with Crippen LogP contribution in [0.2, 0.25) is 5.02 Å². The number of unbranched alkanes of at least 4 members (excludes halogenated alkanes) is 2. The number of carbonyl (C=O) groups excluding carboxylic acids is 1. The van der Waals surface area contributed by atoms with Gasteiger partial charge in [0.2, 0.25) is 11.8 Å². The van der Waals surface area contributed by atoms with E-state index >= 15 is 0 Å². The van der Waals surface area contributed by atoms with Crippen LogP contribution in [0.25, 0.3) is 0 Å². The first-order chi connectivity index (χ1) is 13.6. The Morgan fingerprint density at radius 2 is 2.00 bits per heavy atom. The second kappa shape index (κ2) is 9.73. The summed E-state index contributed by atoms with van der Waals surface area (Å²) < 4.78 is 5.80. The molecule has 0 aliphatic carbocycles. The highest BCUT2D eigenvalue weighted by molar-refractivity contribution is 6.30. The fraction of sp³-hybridized carbons (Fsp3) is 0.476. The fourth-order valence-corrected chi connectivity index (χ4v) is 3.51. The van der Waals surface area contributed by atoms with Crippen LogP contribution in [0.1, 0.15) is 39.5 Å². The third-order valence-electron chi connectivity index (χ3n) is 4.93. The predicted molar refractivity (Wildman–Crippen MR) is 111 cm³/mol. The highest BCUT2D eigenvalue weighted by Crippen LogP contribution is 2.25. The maximum Gasteiger partial charge on any atom is 0.224 e. The lowest BCUT2D eigenvalue weighted by Gasteiger charge is -2.40. The lowest BCUT2D eigenvalue weighted by molar-refractivity contribution is -0.133. The molecule has 1 amide bonds. The van der Waals surface area contributed by atoms with Gasteiger partial charge in [0, 0.05) is 43.2 Å². The molecule has 6 nitrogen and oxygen atoms in total. The van der Waals surface area contributed by atoms with Crippen molar-refractivity contribution in [2.24, 2.45) is 0 Å². The third-order valence-corrected chi connectivity index (χ3v) is 5.18. The van der Waals surface area contributed by atoms with Crippen molar-refractivity contribution < 1.29 is 9.53 Å². The van der Waals surface area contributed by atoms with Crippen molar-refractivity contribution in [3.63, 3.8) is 0 Å². The number of amides is 1. The summed E-state index contributed by atoms with van der Waals surface area (Å²) in [5, 5.41) is 0.659. The second-order valence-electron chi connectivity index (χ2n) is 7.11. The number of aromatic nitrogens is 2. The molecule has 0 bridgehead atoms. The predicted octanol–water partition coefficient (Wildman–Crippen LogP) is 4.54. The average Bonchev–Trinajstić information content (AvgIpc) is 2.70. The number of benzene rings is 1. The first-order valence-corrected chi connectivity index (χ1v) is 10.2. The van der Waals surface area contributed by atoms with Crippen LogP contribution in [0, 0.1) is 0 Å². The molecule has 1 unspecified atom stereocenters. The number of piperazine rings is 1. The van der Waals surface area contributed by atoms with Crippen molar-refractivity contribution >= 4 is 23.3 Å². The normalized spacial score (nSPS) is 16.9. The van der Waals surface area contributed by atoms with Crippen molar-refractivity contribution in [2.45, 2.75) is 45.6 Å². The number of hydrogen-bond donors (Lipinski definition) is 0. The molecule has 2 aromatic rings. The summed E-state index contributed by atoms with van der Waals surface area (Å²) in [6, 6.07) is 9.14. The minimum absolute atomic E-state index is 0.151. The molecule has 1 aromatic heterocycles. The van der Waals surface area contributed by atoms with E-state index in [0.717, 1.165) is 38.2 Å². The quantitative estimate of drug-likeness (QED) is 0.636. The molecule has 3 rings (SSSR count). The number of hydrogen-bond acceptors (Lipinski definition) is 5. The van der Waals surface area contributed by atoms with E-state index in [4.69, 9.17) is 16.3 Å². The highest BCUT2D eigenvalue weighted by Gasteiger charge is 2.27. The van der Waals surface area contributed by atoms with E-state index in [1.165, 1.54) is 6.33 Å². The molecule has 7 heteroatoms. The third kappa shape index (κ3) is 5.35. The maximum atomic E-state index is 12.5. The van der Waals surface area contributed by atoms with E-state index in [0.29, 0.717) is 29.6 Å². The molecule has 1 aliphatic heterocycles. The van der Waals surface area contributed by atoms with Crippen LogP contribution in [-0.2, 0) is 4.79 Å². The zero-order valence-corrected chi connectivity index (χ0v) is 17.2. The summed E-state index contributed by atoms with van der Waals surface area (Å²) in [6.07, 6.45) is 5.36. The van der Waals surface area contributed by atoms with Crippen molar-refractivity contribution in [1.29, 1.82) is 0 Å². The van der Waals surface area contributed by atoms with Crippen molar-refractivity contribution in [2.75, 3.05) is 24.5 Å². The maximum absolute atomic E-state index is 12.5. The van der Waals surface area contributed by atoms with E-state index in [1.54, 1.807) is 24.3 Å². The number of halogens is 1. The number of anilines is 1. The number of ether oxygens (including phenoxy) is 1. The van der Waals surface area contributed by atoms with Gasteiger partial charge < -0.3 is 14.5 Å². The van der Waals surface area contributed by atoms with Crippen LogP contribution < -0.4 is 9.64 Å². The van der Waals surface area contributed by atoms with Gasteiger partial charge in [-0.1, -0.05) is 31.4 Å². The first-order valence-electron chi connectivity index (χ1n) is 9.86. The van der Waals surface area contributed by atoms with Gasteiger partial charge >= 0.3 is 0 Å². The SMILES string of the molecule is CCCCCC(=O)N1CCN(c2cc(Oc3ccc(Cl)cc3)ncn2)CC1C. The van der Waals surface area contributed by atoms with Gasteiger partial charge in [0.1, 0.15) is 17.9 Å². The molecule has 0 saturated carbocycles. The first kappa shape index (κ1) is 20.4. The van der Waals surface area contributed by atoms with E-state index in [2.05, 4.69) is 28.7 Å². The lowest BCUT2D eigenvalue weighted by Crippen LogP contribution is -2.54. The number of nitrogens with zero attached hydrogens (tertiary/aromatic N) is 4. The minimum atomic E-state index is 0.151. The van der Waals surface area contributed by atoms with Gasteiger partial charge in [-0.05, 0) is 37.6 Å². The van der Waals surface area contributed by atoms with Gasteiger partial charge in [0.25, 0.3) is 0 Å². The van der Waals surface area contributed by atoms with Crippen molar-refractivity contribution in [3.05, 3.63) is 41.7 Å². The summed E-state index contributed by atoms with van der Waals surface area (Å²) in [5.41, 5.74) is 0. The van der Waals surface area contributed by atoms with Crippen LogP contribution in [0.5, 0.6) is 11.6 Å². The van der Waals surface area contributed by atoms with Crippen molar-refractivity contribution in [3.8, 4) is 11.6 Å². The van der Waals surface area contributed by atoms with Crippen molar-refractivity contribution in [1.82, 2.24) is 14.9 Å². The van der Waals surface area contributed by atoms with E-state index in [-0.39, 0.29) is 11.9 Å². The Morgan fingerprint density at radius 3 is 2.71 bits per heavy atom. The Labute approximate surface area is 171 Å². The summed E-state index contributed by atoms with van der Waals surface area (Å²) in [4.78, 5) is 25.2. The molecule has 1 aromatic carbocycles. The summed E-state index contributed by atoms with van der Waals surface area (Å²) >= 11 is 5.91. The second-order valence-corrected chi connectivity index (χ2v) is 7.55. The van der Waals surface area contributed by atoms with Gasteiger partial charge in [-0.3, -0.25) is 4.79 Å². The Kier molecular flexibility index (Phi) is 7.09. The average molecular weight is 403 g/mol. The van der Waals surface area contributed by atoms with Crippen LogP contribution in [0.15, 0.2) is 36.7 Å². The van der Waals surface area contributed by atoms with E-state index in [1.807, 2.05) is 11.0 Å². The number of rotatable bonds is 7. The van der Waals surface area contributed by atoms with Gasteiger partial charge in [0.05, 0.1) is 0 Å². The number of carbonyl (C=O) groups is 1. The van der Waals surface area contributed by atoms with Crippen LogP contribution in [-0.4, -0.2) is 46.5 Å². The molecular weight excluding hydrogens is 376 g/mol. The van der Waals surface area contributed by atoms with Gasteiger partial charge in [-0.2, -0.15) is 0 Å². The van der Waals surface area contributed by atoms with E-state index < -0.39 is 0 Å². The molecule has 1 atom stereocenters. The molecule has 28 heavy (non-hydrogen) atoms. The van der Waals surface area contributed by atoms with Crippen LogP contribution in [0.4, 0.5) is 5.82 Å². The van der Waals surface area contributed by atoms with Gasteiger partial charge in [-0.15, -0.1) is 0 Å². The molecule has 0 radical (unpaired) electrons. The molecular formula is C21H27ClN4O2. The van der Waals surface area contributed by atoms with Gasteiger partial charge in [-0.25, -0.2) is 9.97 Å². The molecule has 0 N–H and O–H groups in total. The fourth-order valence-electron chi connectivity index (χ4n) is 3.39. The summed E-state index contributed by atoms with van der Waals surface area (Å²) in [6.45, 7) is 6.45. The smallest absolute Gasteiger partial charge is 0.224 e. The Morgan fingerprint density at radius 1 is 1.21 bits per heavy atom. The molecule has 2 heterocycles. The molecule has 1 aliphatic rings. The Bertz CT molecular complexity index is 784. The molecule has 150 valence electrons. The molecule has 1 fully saturated rings. The highest BCUT2D eigenvalue weighted by atomic mass is 35.5. The van der Waals surface area contributed by atoms with Crippen LogP contribution in [0.3, 0.4) is 0 Å². The van der Waals surface area contributed by atoms with E-state index in [9.17, 15) is 4.79 Å². The standard InChI is InChI=1S/C21H27ClN4O2/c1-3-4-5-6-21(27)26-12-11-25(14-16(26)2)19-13-20(24-15-23-19)28-18-9-7-17(22)8-10-18/h7-10,13,15-16H,3-6,11-12,14H2,1-2H3. The zero-order valence-electron chi connectivity index (χ0n) is 16.5. The lowest BCUT2D eigenvalue weighted by atomic mass is 10.1. The summed E-state index contributed by atoms with van der Waals surface area (Å²) in [7, 11) is 0. The topological polar surface area (TPSA) is 58.6 Å². The molecule has 1 saturated heterocycles. The van der Waals surface area contributed by atoms with Gasteiger partial charge in [0.15, 0.2) is 0 Å². The Balaban J connectivity index is 1.60. The largest absolute Gasteiger partial charge is 0.439 e. The van der Waals surface area contributed by atoms with Crippen LogP contribution >= 0.6 is 11.6 Å². The zero-order chi connectivity index (χ0) is 19.9. The monoisotopic (exact) mass is 402 g/mol. The summed E-state index contributed by atoms with van der Waals surface area (Å²) in [5.74, 6) is 2.22. The molecule has 0 spiro atoms.